The Morgan fingerprint density at radius 2 is 1.92 bits per heavy atom. The molecule has 0 aromatic rings. The number of likely N-dealkylation sites (tertiary alicyclic amines) is 1. The maximum Gasteiger partial charge on any atom is 0.238 e. The predicted octanol–water partition coefficient (Wildman–Crippen LogP) is 1.14. The quantitative estimate of drug-likeness (QED) is 0.709. The highest BCUT2D eigenvalue weighted by Gasteiger charge is 2.31. The van der Waals surface area contributed by atoms with Crippen molar-refractivity contribution >= 4 is 21.8 Å². The monoisotopic (exact) mass is 249 g/mol. The fraction of sp³-hybridized carbons (Fsp3) is 0.889. The molecular weight excluding hydrogens is 234 g/mol. The molecule has 0 saturated carbocycles. The van der Waals surface area contributed by atoms with Gasteiger partial charge < -0.3 is 10.0 Å². The Kier molecular flexibility index (Phi) is 3.35. The van der Waals surface area contributed by atoms with Crippen molar-refractivity contribution < 1.29 is 9.90 Å². The standard InChI is InChI=1S/C9H16BrNO2/c1-9(2,10)8(13)11-5-3-7(12)4-6-11/h7,12H,3-6H2,1-2H3. The molecule has 13 heavy (non-hydrogen) atoms. The molecule has 0 unspecified atom stereocenters. The normalized spacial score (nSPS) is 20.5. The molecule has 76 valence electrons. The van der Waals surface area contributed by atoms with E-state index < -0.39 is 4.32 Å². The van der Waals surface area contributed by atoms with E-state index in [1.807, 2.05) is 18.7 Å². The minimum absolute atomic E-state index is 0.111. The van der Waals surface area contributed by atoms with Gasteiger partial charge >= 0.3 is 0 Å². The number of carbonyl (C=O) groups excluding carboxylic acids is 1. The van der Waals surface area contributed by atoms with Crippen molar-refractivity contribution in [1.29, 1.82) is 0 Å². The summed E-state index contributed by atoms with van der Waals surface area (Å²) in [6, 6.07) is 0. The summed E-state index contributed by atoms with van der Waals surface area (Å²) in [6.07, 6.45) is 1.19. The van der Waals surface area contributed by atoms with Crippen molar-refractivity contribution in [2.75, 3.05) is 13.1 Å². The van der Waals surface area contributed by atoms with Crippen molar-refractivity contribution in [1.82, 2.24) is 4.90 Å². The molecule has 0 spiro atoms. The predicted molar refractivity (Wildman–Crippen MR) is 54.8 cm³/mol. The van der Waals surface area contributed by atoms with Crippen LogP contribution in [0, 0.1) is 0 Å². The van der Waals surface area contributed by atoms with E-state index in [1.165, 1.54) is 0 Å². The average Bonchev–Trinajstić information content (AvgIpc) is 2.03. The number of hydrogen-bond donors (Lipinski definition) is 1. The van der Waals surface area contributed by atoms with Crippen molar-refractivity contribution in [2.24, 2.45) is 0 Å². The van der Waals surface area contributed by atoms with Gasteiger partial charge in [0.1, 0.15) is 0 Å². The summed E-state index contributed by atoms with van der Waals surface area (Å²) in [6.45, 7) is 5.05. The first-order chi connectivity index (χ1) is 5.91. The van der Waals surface area contributed by atoms with Gasteiger partial charge in [-0.1, -0.05) is 15.9 Å². The number of aliphatic hydroxyl groups excluding tert-OH is 1. The van der Waals surface area contributed by atoms with Gasteiger partial charge in [-0.3, -0.25) is 4.79 Å². The molecule has 0 atom stereocenters. The van der Waals surface area contributed by atoms with E-state index >= 15 is 0 Å². The van der Waals surface area contributed by atoms with Crippen LogP contribution >= 0.6 is 15.9 Å². The second-order valence-electron chi connectivity index (χ2n) is 4.00. The maximum absolute atomic E-state index is 11.7. The van der Waals surface area contributed by atoms with Gasteiger partial charge in [-0.25, -0.2) is 0 Å². The second kappa shape index (κ2) is 3.96. The molecule has 1 N–H and O–H groups in total. The fourth-order valence-corrected chi connectivity index (χ4v) is 1.70. The number of amides is 1. The van der Waals surface area contributed by atoms with E-state index in [-0.39, 0.29) is 12.0 Å². The largest absolute Gasteiger partial charge is 0.393 e. The molecule has 1 aliphatic heterocycles. The molecule has 1 fully saturated rings. The van der Waals surface area contributed by atoms with Crippen LogP contribution in [0.4, 0.5) is 0 Å². The van der Waals surface area contributed by atoms with Gasteiger partial charge in [0, 0.05) is 13.1 Å². The smallest absolute Gasteiger partial charge is 0.238 e. The molecule has 0 aromatic heterocycles. The minimum Gasteiger partial charge on any atom is -0.393 e. The fourth-order valence-electron chi connectivity index (χ4n) is 1.44. The molecule has 0 radical (unpaired) electrons. The van der Waals surface area contributed by atoms with Crippen molar-refractivity contribution in [2.45, 2.75) is 37.1 Å². The molecule has 0 aromatic carbocycles. The third kappa shape index (κ3) is 2.95. The van der Waals surface area contributed by atoms with Crippen LogP contribution in [-0.2, 0) is 4.79 Å². The molecule has 1 heterocycles. The molecule has 3 nitrogen and oxygen atoms in total. The van der Waals surface area contributed by atoms with Crippen LogP contribution in [0.25, 0.3) is 0 Å². The summed E-state index contributed by atoms with van der Waals surface area (Å²) >= 11 is 3.34. The maximum atomic E-state index is 11.7. The SMILES string of the molecule is CC(C)(Br)C(=O)N1CCC(O)CC1. The Balaban J connectivity index is 2.50. The molecule has 1 aliphatic rings. The Bertz CT molecular complexity index is 192. The lowest BCUT2D eigenvalue weighted by atomic mass is 10.1. The number of aliphatic hydroxyl groups is 1. The van der Waals surface area contributed by atoms with Gasteiger partial charge in [0.2, 0.25) is 5.91 Å². The van der Waals surface area contributed by atoms with Crippen LogP contribution in [0.1, 0.15) is 26.7 Å². The van der Waals surface area contributed by atoms with Gasteiger partial charge in [0.25, 0.3) is 0 Å². The molecule has 0 bridgehead atoms. The summed E-state index contributed by atoms with van der Waals surface area (Å²) < 4.78 is -0.477. The van der Waals surface area contributed by atoms with Crippen LogP contribution in [0.3, 0.4) is 0 Å². The zero-order valence-electron chi connectivity index (χ0n) is 8.09. The van der Waals surface area contributed by atoms with Gasteiger partial charge in [0.15, 0.2) is 0 Å². The summed E-state index contributed by atoms with van der Waals surface area (Å²) in [5, 5.41) is 9.26. The number of halogens is 1. The van der Waals surface area contributed by atoms with Crippen LogP contribution in [0.2, 0.25) is 0 Å². The summed E-state index contributed by atoms with van der Waals surface area (Å²) in [7, 11) is 0. The zero-order chi connectivity index (χ0) is 10.1. The molecule has 0 aliphatic carbocycles. The van der Waals surface area contributed by atoms with Crippen LogP contribution in [0.5, 0.6) is 0 Å². The van der Waals surface area contributed by atoms with E-state index in [0.29, 0.717) is 25.9 Å². The molecule has 1 rings (SSSR count). The first-order valence-corrected chi connectivity index (χ1v) is 5.37. The van der Waals surface area contributed by atoms with Crippen LogP contribution in [0.15, 0.2) is 0 Å². The first kappa shape index (κ1) is 11.0. The third-order valence-corrected chi connectivity index (χ3v) is 2.60. The summed E-state index contributed by atoms with van der Waals surface area (Å²) in [5.41, 5.74) is 0. The number of nitrogens with zero attached hydrogens (tertiary/aromatic N) is 1. The third-order valence-electron chi connectivity index (χ3n) is 2.26. The van der Waals surface area contributed by atoms with E-state index in [0.717, 1.165) is 0 Å². The Morgan fingerprint density at radius 1 is 1.46 bits per heavy atom. The first-order valence-electron chi connectivity index (χ1n) is 4.57. The number of alkyl halides is 1. The van der Waals surface area contributed by atoms with Crippen LogP contribution in [-0.4, -0.2) is 39.4 Å². The minimum atomic E-state index is -0.477. The number of piperidine rings is 1. The van der Waals surface area contributed by atoms with E-state index in [2.05, 4.69) is 15.9 Å². The molecular formula is C9H16BrNO2. The lowest BCUT2D eigenvalue weighted by Gasteiger charge is -2.33. The Morgan fingerprint density at radius 3 is 2.31 bits per heavy atom. The topological polar surface area (TPSA) is 40.5 Å². The average molecular weight is 250 g/mol. The van der Waals surface area contributed by atoms with Crippen molar-refractivity contribution in [3.63, 3.8) is 0 Å². The molecule has 1 saturated heterocycles. The highest BCUT2D eigenvalue weighted by Crippen LogP contribution is 2.21. The lowest BCUT2D eigenvalue weighted by Crippen LogP contribution is -2.46. The lowest BCUT2D eigenvalue weighted by molar-refractivity contribution is -0.134. The summed E-state index contributed by atoms with van der Waals surface area (Å²) in [5.74, 6) is 0.111. The second-order valence-corrected chi connectivity index (χ2v) is 5.98. The van der Waals surface area contributed by atoms with E-state index in [4.69, 9.17) is 0 Å². The van der Waals surface area contributed by atoms with Crippen molar-refractivity contribution in [3.8, 4) is 0 Å². The number of carbonyl (C=O) groups is 1. The Labute approximate surface area is 87.2 Å². The van der Waals surface area contributed by atoms with Gasteiger partial charge in [0.05, 0.1) is 10.4 Å². The summed E-state index contributed by atoms with van der Waals surface area (Å²) in [4.78, 5) is 13.5. The highest BCUT2D eigenvalue weighted by atomic mass is 79.9. The van der Waals surface area contributed by atoms with Gasteiger partial charge in [-0.2, -0.15) is 0 Å². The number of hydrogen-bond acceptors (Lipinski definition) is 2. The zero-order valence-corrected chi connectivity index (χ0v) is 9.67. The molecule has 1 amide bonds. The Hall–Kier alpha value is -0.0900. The highest BCUT2D eigenvalue weighted by molar-refractivity contribution is 9.10. The van der Waals surface area contributed by atoms with Crippen LogP contribution < -0.4 is 0 Å². The van der Waals surface area contributed by atoms with E-state index in [9.17, 15) is 9.90 Å². The van der Waals surface area contributed by atoms with E-state index in [1.54, 1.807) is 0 Å². The van der Waals surface area contributed by atoms with Gasteiger partial charge in [-0.05, 0) is 26.7 Å². The number of rotatable bonds is 1. The molecule has 4 heteroatoms. The van der Waals surface area contributed by atoms with Crippen molar-refractivity contribution in [3.05, 3.63) is 0 Å². The van der Waals surface area contributed by atoms with Gasteiger partial charge in [-0.15, -0.1) is 0 Å².